The number of carboxylic acids is 1. The maximum absolute atomic E-state index is 11.1. The number of aliphatic carboxylic acids is 1. The summed E-state index contributed by atoms with van der Waals surface area (Å²) in [7, 11) is 0. The summed E-state index contributed by atoms with van der Waals surface area (Å²) in [4.78, 5) is 13.2. The van der Waals surface area contributed by atoms with E-state index in [1.165, 1.54) is 5.56 Å². The highest BCUT2D eigenvalue weighted by atomic mass is 16.4. The second-order valence-electron chi connectivity index (χ2n) is 4.65. The number of hydrogen-bond donors (Lipinski definition) is 1. The predicted octanol–water partition coefficient (Wildman–Crippen LogP) is 2.34. The summed E-state index contributed by atoms with van der Waals surface area (Å²) in [6.07, 6.45) is 1.74. The third-order valence-electron chi connectivity index (χ3n) is 3.60. The molecular weight excluding hydrogens is 214 g/mol. The van der Waals surface area contributed by atoms with Gasteiger partial charge in [-0.3, -0.25) is 9.69 Å². The molecule has 2 rings (SSSR count). The lowest BCUT2D eigenvalue weighted by Crippen LogP contribution is -2.39. The van der Waals surface area contributed by atoms with Gasteiger partial charge in [-0.1, -0.05) is 37.3 Å². The van der Waals surface area contributed by atoms with E-state index in [0.717, 1.165) is 19.5 Å². The second-order valence-corrected chi connectivity index (χ2v) is 4.65. The smallest absolute Gasteiger partial charge is 0.320 e. The van der Waals surface area contributed by atoms with Crippen LogP contribution in [-0.4, -0.2) is 35.1 Å². The summed E-state index contributed by atoms with van der Waals surface area (Å²) >= 11 is 0. The van der Waals surface area contributed by atoms with Crippen LogP contribution in [0.25, 0.3) is 0 Å². The van der Waals surface area contributed by atoms with E-state index in [1.54, 1.807) is 0 Å². The topological polar surface area (TPSA) is 40.5 Å². The molecule has 1 unspecified atom stereocenters. The fourth-order valence-corrected chi connectivity index (χ4v) is 2.66. The summed E-state index contributed by atoms with van der Waals surface area (Å²) in [6.45, 7) is 3.70. The van der Waals surface area contributed by atoms with Gasteiger partial charge < -0.3 is 5.11 Å². The predicted molar refractivity (Wildman–Crippen MR) is 67.1 cm³/mol. The highest BCUT2D eigenvalue weighted by Gasteiger charge is 2.31. The largest absolute Gasteiger partial charge is 0.480 e. The highest BCUT2D eigenvalue weighted by molar-refractivity contribution is 5.73. The van der Waals surface area contributed by atoms with E-state index in [9.17, 15) is 4.79 Å². The summed E-state index contributed by atoms with van der Waals surface area (Å²) in [5.41, 5.74) is 1.33. The molecule has 1 fully saturated rings. The zero-order chi connectivity index (χ0) is 12.3. The van der Waals surface area contributed by atoms with Crippen LogP contribution >= 0.6 is 0 Å². The van der Waals surface area contributed by atoms with E-state index in [2.05, 4.69) is 17.0 Å². The zero-order valence-corrected chi connectivity index (χ0v) is 10.2. The third-order valence-corrected chi connectivity index (χ3v) is 3.60. The Hall–Kier alpha value is -1.35. The van der Waals surface area contributed by atoms with E-state index >= 15 is 0 Å². The minimum absolute atomic E-state index is 0.316. The van der Waals surface area contributed by atoms with Gasteiger partial charge in [0.05, 0.1) is 0 Å². The van der Waals surface area contributed by atoms with Crippen molar-refractivity contribution in [3.05, 3.63) is 35.9 Å². The van der Waals surface area contributed by atoms with Crippen molar-refractivity contribution in [2.75, 3.05) is 13.1 Å². The van der Waals surface area contributed by atoms with Crippen LogP contribution in [0, 0.1) is 0 Å². The molecule has 0 amide bonds. The standard InChI is InChI=1S/C14H19NO2/c1-2-13(14(16)17)15-9-8-12(10-15)11-6-4-3-5-7-11/h3-7,12-13H,2,8-10H2,1H3,(H,16,17)/t12-,13?/m0/s1. The Bertz CT molecular complexity index is 377. The monoisotopic (exact) mass is 233 g/mol. The Balaban J connectivity index is 2.02. The molecule has 0 aromatic heterocycles. The second kappa shape index (κ2) is 5.32. The molecule has 3 nitrogen and oxygen atoms in total. The van der Waals surface area contributed by atoms with Crippen molar-refractivity contribution in [3.8, 4) is 0 Å². The van der Waals surface area contributed by atoms with Gasteiger partial charge in [0.15, 0.2) is 0 Å². The van der Waals surface area contributed by atoms with Crippen molar-refractivity contribution in [1.29, 1.82) is 0 Å². The van der Waals surface area contributed by atoms with Crippen LogP contribution in [0.4, 0.5) is 0 Å². The van der Waals surface area contributed by atoms with E-state index in [4.69, 9.17) is 5.11 Å². The van der Waals surface area contributed by atoms with Crippen LogP contribution in [0.5, 0.6) is 0 Å². The quantitative estimate of drug-likeness (QED) is 0.867. The molecule has 1 aromatic rings. The summed E-state index contributed by atoms with van der Waals surface area (Å²) in [6, 6.07) is 10.1. The Labute approximate surface area is 102 Å². The van der Waals surface area contributed by atoms with Crippen LogP contribution in [0.15, 0.2) is 30.3 Å². The van der Waals surface area contributed by atoms with Crippen molar-refractivity contribution < 1.29 is 9.90 Å². The van der Waals surface area contributed by atoms with Crippen LogP contribution in [0.2, 0.25) is 0 Å². The highest BCUT2D eigenvalue weighted by Crippen LogP contribution is 2.28. The molecule has 92 valence electrons. The normalized spacial score (nSPS) is 22.5. The summed E-state index contributed by atoms with van der Waals surface area (Å²) < 4.78 is 0. The van der Waals surface area contributed by atoms with Crippen molar-refractivity contribution in [2.24, 2.45) is 0 Å². The number of carboxylic acid groups (broad SMARTS) is 1. The molecular formula is C14H19NO2. The van der Waals surface area contributed by atoms with E-state index in [-0.39, 0.29) is 6.04 Å². The number of likely N-dealkylation sites (tertiary alicyclic amines) is 1. The number of benzene rings is 1. The summed E-state index contributed by atoms with van der Waals surface area (Å²) in [5, 5.41) is 9.15. The van der Waals surface area contributed by atoms with Crippen LogP contribution < -0.4 is 0 Å². The molecule has 1 saturated heterocycles. The minimum Gasteiger partial charge on any atom is -0.480 e. The molecule has 1 N–H and O–H groups in total. The molecule has 2 atom stereocenters. The first-order valence-corrected chi connectivity index (χ1v) is 6.24. The number of rotatable bonds is 4. The molecule has 0 aliphatic carbocycles. The third kappa shape index (κ3) is 2.67. The van der Waals surface area contributed by atoms with Gasteiger partial charge in [0.25, 0.3) is 0 Å². The van der Waals surface area contributed by atoms with Crippen molar-refractivity contribution >= 4 is 5.97 Å². The fraction of sp³-hybridized carbons (Fsp3) is 0.500. The van der Waals surface area contributed by atoms with E-state index in [0.29, 0.717) is 12.3 Å². The van der Waals surface area contributed by atoms with Crippen molar-refractivity contribution in [2.45, 2.75) is 31.7 Å². The minimum atomic E-state index is -0.693. The lowest BCUT2D eigenvalue weighted by Gasteiger charge is -2.22. The van der Waals surface area contributed by atoms with Gasteiger partial charge in [-0.05, 0) is 30.9 Å². The SMILES string of the molecule is CCC(C(=O)O)N1CC[C@H](c2ccccc2)C1. The first-order chi connectivity index (χ1) is 8.22. The van der Waals surface area contributed by atoms with Gasteiger partial charge in [0.1, 0.15) is 6.04 Å². The number of nitrogens with zero attached hydrogens (tertiary/aromatic N) is 1. The molecule has 1 heterocycles. The van der Waals surface area contributed by atoms with E-state index < -0.39 is 5.97 Å². The average Bonchev–Trinajstić information content (AvgIpc) is 2.80. The van der Waals surface area contributed by atoms with Crippen LogP contribution in [0.3, 0.4) is 0 Å². The van der Waals surface area contributed by atoms with Crippen LogP contribution in [0.1, 0.15) is 31.2 Å². The maximum atomic E-state index is 11.1. The molecule has 1 aliphatic rings. The molecule has 0 bridgehead atoms. The summed E-state index contributed by atoms with van der Waals surface area (Å²) in [5.74, 6) is -0.203. The number of carbonyl (C=O) groups is 1. The Morgan fingerprint density at radius 2 is 2.18 bits per heavy atom. The zero-order valence-electron chi connectivity index (χ0n) is 10.2. The maximum Gasteiger partial charge on any atom is 0.320 e. The Kier molecular flexibility index (Phi) is 3.79. The molecule has 0 radical (unpaired) electrons. The van der Waals surface area contributed by atoms with Crippen molar-refractivity contribution in [1.82, 2.24) is 4.90 Å². The van der Waals surface area contributed by atoms with Crippen LogP contribution in [-0.2, 0) is 4.79 Å². The molecule has 1 aromatic carbocycles. The van der Waals surface area contributed by atoms with Gasteiger partial charge in [-0.15, -0.1) is 0 Å². The van der Waals surface area contributed by atoms with Gasteiger partial charge in [0.2, 0.25) is 0 Å². The molecule has 17 heavy (non-hydrogen) atoms. The van der Waals surface area contributed by atoms with Gasteiger partial charge in [0, 0.05) is 6.54 Å². The molecule has 0 saturated carbocycles. The van der Waals surface area contributed by atoms with E-state index in [1.807, 2.05) is 25.1 Å². The first-order valence-electron chi connectivity index (χ1n) is 6.24. The molecule has 1 aliphatic heterocycles. The lowest BCUT2D eigenvalue weighted by atomic mass is 9.99. The lowest BCUT2D eigenvalue weighted by molar-refractivity contribution is -0.143. The number of hydrogen-bond acceptors (Lipinski definition) is 2. The molecule has 3 heteroatoms. The van der Waals surface area contributed by atoms with Gasteiger partial charge >= 0.3 is 5.97 Å². The molecule has 0 spiro atoms. The van der Waals surface area contributed by atoms with Crippen molar-refractivity contribution in [3.63, 3.8) is 0 Å². The first kappa shape index (κ1) is 12.1. The van der Waals surface area contributed by atoms with Gasteiger partial charge in [-0.25, -0.2) is 0 Å². The average molecular weight is 233 g/mol. The fourth-order valence-electron chi connectivity index (χ4n) is 2.66. The Morgan fingerprint density at radius 3 is 2.76 bits per heavy atom. The van der Waals surface area contributed by atoms with Gasteiger partial charge in [-0.2, -0.15) is 0 Å². The Morgan fingerprint density at radius 1 is 1.47 bits per heavy atom.